The first-order chi connectivity index (χ1) is 14.5. The summed E-state index contributed by atoms with van der Waals surface area (Å²) in [6.07, 6.45) is 5.41. The fraction of sp³-hybridized carbons (Fsp3) is 0.217. The minimum absolute atomic E-state index is 0.0863. The summed E-state index contributed by atoms with van der Waals surface area (Å²) in [6.45, 7) is 0.538. The highest BCUT2D eigenvalue weighted by molar-refractivity contribution is 5.68. The molecule has 0 amide bonds. The normalized spacial score (nSPS) is 13.3. The van der Waals surface area contributed by atoms with Crippen molar-refractivity contribution in [2.24, 2.45) is 4.99 Å². The molecule has 0 saturated heterocycles. The van der Waals surface area contributed by atoms with Gasteiger partial charge in [-0.2, -0.15) is 0 Å². The molecule has 0 saturated carbocycles. The first kappa shape index (κ1) is 21.4. The van der Waals surface area contributed by atoms with Crippen molar-refractivity contribution in [3.63, 3.8) is 0 Å². The van der Waals surface area contributed by atoms with Crippen molar-refractivity contribution >= 4 is 12.3 Å². The van der Waals surface area contributed by atoms with Gasteiger partial charge >= 0.3 is 0 Å². The smallest absolute Gasteiger partial charge is 0.145 e. The van der Waals surface area contributed by atoms with E-state index in [4.69, 9.17) is 0 Å². The van der Waals surface area contributed by atoms with Gasteiger partial charge in [-0.15, -0.1) is 0 Å². The van der Waals surface area contributed by atoms with Gasteiger partial charge in [0.05, 0.1) is 0 Å². The highest BCUT2D eigenvalue weighted by Crippen LogP contribution is 2.29. The molecule has 0 aliphatic rings. The number of rotatable bonds is 8. The lowest BCUT2D eigenvalue weighted by atomic mass is 9.88. The van der Waals surface area contributed by atoms with Gasteiger partial charge in [0.1, 0.15) is 29.3 Å². The molecule has 3 rings (SSSR count). The summed E-state index contributed by atoms with van der Waals surface area (Å²) >= 11 is 0. The van der Waals surface area contributed by atoms with Crippen LogP contribution in [0.1, 0.15) is 29.3 Å². The van der Waals surface area contributed by atoms with Crippen molar-refractivity contribution in [1.82, 2.24) is 9.55 Å². The fourth-order valence-electron chi connectivity index (χ4n) is 3.27. The fourth-order valence-corrected chi connectivity index (χ4v) is 3.27. The molecule has 1 heterocycles. The van der Waals surface area contributed by atoms with E-state index in [-0.39, 0.29) is 23.3 Å². The maximum absolute atomic E-state index is 13.4. The summed E-state index contributed by atoms with van der Waals surface area (Å²) in [6, 6.07) is 12.5. The molecule has 2 aromatic carbocycles. The van der Waals surface area contributed by atoms with Gasteiger partial charge in [0.25, 0.3) is 0 Å². The lowest BCUT2D eigenvalue weighted by Gasteiger charge is -2.19. The molecule has 156 valence electrons. The van der Waals surface area contributed by atoms with Gasteiger partial charge in [0.2, 0.25) is 0 Å². The number of benzene rings is 2. The third-order valence-electron chi connectivity index (χ3n) is 4.82. The zero-order valence-electron chi connectivity index (χ0n) is 16.5. The van der Waals surface area contributed by atoms with Gasteiger partial charge in [0, 0.05) is 44.2 Å². The number of imidazole rings is 1. The number of aromatic nitrogens is 2. The molecule has 1 unspecified atom stereocenters. The summed E-state index contributed by atoms with van der Waals surface area (Å²) in [5.74, 6) is -0.502. The van der Waals surface area contributed by atoms with E-state index < -0.39 is 6.10 Å². The number of aliphatic imine (C=N–C) groups is 1. The number of hydrogen-bond acceptors (Lipinski definition) is 4. The van der Waals surface area contributed by atoms with Crippen molar-refractivity contribution in [3.8, 4) is 0 Å². The number of aliphatic hydroxyl groups is 2. The largest absolute Gasteiger partial charge is 0.509 e. The van der Waals surface area contributed by atoms with Crippen LogP contribution in [0.3, 0.4) is 0 Å². The molecular formula is C23H23F2N3O2. The molecule has 1 atom stereocenters. The van der Waals surface area contributed by atoms with E-state index in [0.717, 1.165) is 11.1 Å². The topological polar surface area (TPSA) is 70.6 Å². The van der Waals surface area contributed by atoms with E-state index >= 15 is 0 Å². The van der Waals surface area contributed by atoms with Crippen LogP contribution in [0.2, 0.25) is 0 Å². The third-order valence-corrected chi connectivity index (χ3v) is 4.82. The van der Waals surface area contributed by atoms with Gasteiger partial charge in [-0.1, -0.05) is 24.3 Å². The van der Waals surface area contributed by atoms with Gasteiger partial charge in [0.15, 0.2) is 0 Å². The SMILES string of the molecule is C/N=C\C(O)/C(O)=C/c1nccn1CCC(c1ccc(F)cc1)c1ccc(F)cc1. The molecule has 0 aliphatic carbocycles. The summed E-state index contributed by atoms with van der Waals surface area (Å²) in [4.78, 5) is 7.91. The Labute approximate surface area is 173 Å². The van der Waals surface area contributed by atoms with Crippen LogP contribution in [0.5, 0.6) is 0 Å². The Hall–Kier alpha value is -3.32. The average Bonchev–Trinajstić information content (AvgIpc) is 3.17. The van der Waals surface area contributed by atoms with E-state index in [1.807, 2.05) is 4.57 Å². The van der Waals surface area contributed by atoms with E-state index in [2.05, 4.69) is 9.98 Å². The lowest BCUT2D eigenvalue weighted by Crippen LogP contribution is -2.12. The summed E-state index contributed by atoms with van der Waals surface area (Å²) < 4.78 is 28.6. The number of aryl methyl sites for hydroxylation is 1. The highest BCUT2D eigenvalue weighted by atomic mass is 19.1. The second kappa shape index (κ2) is 9.93. The molecule has 0 bridgehead atoms. The second-order valence-corrected chi connectivity index (χ2v) is 6.84. The predicted molar refractivity (Wildman–Crippen MR) is 113 cm³/mol. The summed E-state index contributed by atoms with van der Waals surface area (Å²) in [5.41, 5.74) is 1.83. The van der Waals surface area contributed by atoms with Crippen LogP contribution in [-0.2, 0) is 6.54 Å². The number of hydrogen-bond donors (Lipinski definition) is 2. The Morgan fingerprint density at radius 1 is 1.07 bits per heavy atom. The Kier molecular flexibility index (Phi) is 7.08. The predicted octanol–water partition coefficient (Wildman–Crippen LogP) is 4.34. The van der Waals surface area contributed by atoms with Crippen molar-refractivity contribution in [3.05, 3.63) is 95.3 Å². The average molecular weight is 411 g/mol. The van der Waals surface area contributed by atoms with Gasteiger partial charge in [-0.25, -0.2) is 13.8 Å². The number of nitrogens with zero attached hydrogens (tertiary/aromatic N) is 3. The zero-order valence-corrected chi connectivity index (χ0v) is 16.5. The molecule has 5 nitrogen and oxygen atoms in total. The monoisotopic (exact) mass is 411 g/mol. The Bertz CT molecular complexity index is 966. The van der Waals surface area contributed by atoms with Crippen molar-refractivity contribution < 1.29 is 19.0 Å². The Morgan fingerprint density at radius 2 is 1.63 bits per heavy atom. The van der Waals surface area contributed by atoms with Crippen LogP contribution < -0.4 is 0 Å². The van der Waals surface area contributed by atoms with Gasteiger partial charge in [-0.05, 0) is 41.8 Å². The molecule has 1 aromatic heterocycles. The minimum atomic E-state index is -1.20. The number of aliphatic hydroxyl groups excluding tert-OH is 2. The third kappa shape index (κ3) is 5.39. The van der Waals surface area contributed by atoms with Crippen molar-refractivity contribution in [2.45, 2.75) is 25.0 Å². The minimum Gasteiger partial charge on any atom is -0.509 e. The molecule has 7 heteroatoms. The molecule has 0 aliphatic heterocycles. The van der Waals surface area contributed by atoms with Crippen LogP contribution >= 0.6 is 0 Å². The zero-order chi connectivity index (χ0) is 21.5. The molecule has 30 heavy (non-hydrogen) atoms. The van der Waals surface area contributed by atoms with Crippen LogP contribution in [0.15, 0.2) is 71.7 Å². The van der Waals surface area contributed by atoms with Crippen molar-refractivity contribution in [2.75, 3.05) is 7.05 Å². The molecule has 0 radical (unpaired) electrons. The van der Waals surface area contributed by atoms with E-state index in [0.29, 0.717) is 18.8 Å². The molecule has 2 N–H and O–H groups in total. The molecule has 0 spiro atoms. The lowest BCUT2D eigenvalue weighted by molar-refractivity contribution is 0.214. The van der Waals surface area contributed by atoms with Crippen LogP contribution in [0, 0.1) is 11.6 Å². The number of halogens is 2. The summed E-state index contributed by atoms with van der Waals surface area (Å²) in [7, 11) is 1.50. The Balaban J connectivity index is 1.83. The first-order valence-electron chi connectivity index (χ1n) is 9.51. The summed E-state index contributed by atoms with van der Waals surface area (Å²) in [5, 5.41) is 19.8. The van der Waals surface area contributed by atoms with E-state index in [1.54, 1.807) is 36.7 Å². The Morgan fingerprint density at radius 3 is 2.17 bits per heavy atom. The van der Waals surface area contributed by atoms with Crippen LogP contribution in [-0.4, -0.2) is 39.1 Å². The molecule has 3 aromatic rings. The van der Waals surface area contributed by atoms with Gasteiger partial charge in [-0.3, -0.25) is 4.99 Å². The highest BCUT2D eigenvalue weighted by Gasteiger charge is 2.16. The van der Waals surface area contributed by atoms with E-state index in [1.165, 1.54) is 43.6 Å². The maximum atomic E-state index is 13.4. The molecule has 0 fully saturated rings. The van der Waals surface area contributed by atoms with Crippen LogP contribution in [0.25, 0.3) is 6.08 Å². The maximum Gasteiger partial charge on any atom is 0.145 e. The van der Waals surface area contributed by atoms with Crippen molar-refractivity contribution in [1.29, 1.82) is 0 Å². The first-order valence-corrected chi connectivity index (χ1v) is 9.51. The van der Waals surface area contributed by atoms with Gasteiger partial charge < -0.3 is 14.8 Å². The quantitative estimate of drug-likeness (QED) is 0.428. The van der Waals surface area contributed by atoms with E-state index in [9.17, 15) is 19.0 Å². The standard InChI is InChI=1S/C23H23F2N3O2/c1-26-15-22(30)21(29)14-23-27-11-13-28(23)12-10-20(16-2-6-18(24)7-3-16)17-4-8-19(25)9-5-17/h2-9,11,13-15,20,22,29-30H,10,12H2,1H3/b21-14-,26-15-. The second-order valence-electron chi connectivity index (χ2n) is 6.84. The van der Waals surface area contributed by atoms with Crippen LogP contribution in [0.4, 0.5) is 8.78 Å². The molecular weight excluding hydrogens is 388 g/mol.